The molecule has 0 unspecified atom stereocenters. The van der Waals surface area contributed by atoms with Crippen molar-refractivity contribution in [1.29, 1.82) is 0 Å². The number of aryl methyl sites for hydroxylation is 2. The summed E-state index contributed by atoms with van der Waals surface area (Å²) in [6.45, 7) is 14.5. The number of nitrogens with one attached hydrogen (secondary N) is 2. The summed E-state index contributed by atoms with van der Waals surface area (Å²) in [5.41, 5.74) is 2.94. The molecule has 0 radical (unpaired) electrons. The van der Waals surface area contributed by atoms with Gasteiger partial charge in [-0.25, -0.2) is 4.98 Å². The van der Waals surface area contributed by atoms with Gasteiger partial charge in [-0.1, -0.05) is 46.8 Å². The third kappa shape index (κ3) is 7.21. The zero-order valence-electron chi connectivity index (χ0n) is 23.1. The lowest BCUT2D eigenvalue weighted by atomic mass is 9.94. The Bertz CT molecular complexity index is 1200. The van der Waals surface area contributed by atoms with Crippen LogP contribution in [-0.2, 0) is 23.4 Å². The molecule has 2 amide bonds. The van der Waals surface area contributed by atoms with Gasteiger partial charge in [0.2, 0.25) is 11.8 Å². The third-order valence-corrected chi connectivity index (χ3v) is 6.14. The fraction of sp³-hybridized carbons (Fsp3) is 0.500. The number of hydrogen-bond acceptors (Lipinski definition) is 6. The zero-order chi connectivity index (χ0) is 27.3. The Morgan fingerprint density at radius 1 is 1.19 bits per heavy atom. The van der Waals surface area contributed by atoms with Gasteiger partial charge in [-0.2, -0.15) is 5.10 Å². The molecular formula is C28H39N5O4. The molecule has 0 aliphatic heterocycles. The van der Waals surface area contributed by atoms with E-state index in [9.17, 15) is 9.59 Å². The molecule has 0 aliphatic rings. The summed E-state index contributed by atoms with van der Waals surface area (Å²) in [6, 6.07) is 6.28. The van der Waals surface area contributed by atoms with E-state index < -0.39 is 6.04 Å². The zero-order valence-corrected chi connectivity index (χ0v) is 23.1. The van der Waals surface area contributed by atoms with Gasteiger partial charge in [0, 0.05) is 30.3 Å². The number of para-hydroxylation sites is 1. The van der Waals surface area contributed by atoms with Gasteiger partial charge in [-0.05, 0) is 38.3 Å². The molecule has 3 aromatic rings. The fourth-order valence-electron chi connectivity index (χ4n) is 3.96. The van der Waals surface area contributed by atoms with E-state index in [0.717, 1.165) is 22.7 Å². The highest BCUT2D eigenvalue weighted by molar-refractivity contribution is 5.99. The van der Waals surface area contributed by atoms with E-state index in [1.165, 1.54) is 0 Å². The van der Waals surface area contributed by atoms with Gasteiger partial charge >= 0.3 is 0 Å². The van der Waals surface area contributed by atoms with Crippen LogP contribution in [0.2, 0.25) is 0 Å². The molecule has 37 heavy (non-hydrogen) atoms. The van der Waals surface area contributed by atoms with Crippen LogP contribution in [0.1, 0.15) is 80.0 Å². The van der Waals surface area contributed by atoms with Crippen molar-refractivity contribution >= 4 is 11.8 Å². The van der Waals surface area contributed by atoms with E-state index in [-0.39, 0.29) is 29.8 Å². The molecule has 200 valence electrons. The maximum absolute atomic E-state index is 13.4. The number of oxazole rings is 1. The Kier molecular flexibility index (Phi) is 8.78. The van der Waals surface area contributed by atoms with Crippen molar-refractivity contribution < 1.29 is 18.7 Å². The maximum atomic E-state index is 13.4. The Labute approximate surface area is 219 Å². The molecule has 9 heteroatoms. The summed E-state index contributed by atoms with van der Waals surface area (Å²) < 4.78 is 11.7. The van der Waals surface area contributed by atoms with Gasteiger partial charge in [0.15, 0.2) is 6.61 Å². The first kappa shape index (κ1) is 28.0. The van der Waals surface area contributed by atoms with E-state index in [1.54, 1.807) is 42.4 Å². The molecule has 9 nitrogen and oxygen atoms in total. The largest absolute Gasteiger partial charge is 0.483 e. The van der Waals surface area contributed by atoms with Crippen LogP contribution in [0.5, 0.6) is 5.75 Å². The standard InChI is InChI=1S/C28H39N5O4/c1-17(2)13-22(27(35)33(8)15-21-18(3)31-32-19(21)4)30-26(34)20-11-9-10-12-23(20)36-16-25-29-14-24(37-25)28(5,6)7/h9-12,14,17,22H,13,15-16H2,1-8H3,(H,30,34)(H,31,32)/t22-/m1/s1. The Balaban J connectivity index is 1.73. The van der Waals surface area contributed by atoms with Gasteiger partial charge < -0.3 is 19.4 Å². The van der Waals surface area contributed by atoms with Crippen LogP contribution in [-0.4, -0.2) is 45.0 Å². The average Bonchev–Trinajstić information content (AvgIpc) is 3.44. The molecule has 1 aromatic carbocycles. The minimum absolute atomic E-state index is 0.0842. The summed E-state index contributed by atoms with van der Waals surface area (Å²) in [5, 5.41) is 10.1. The number of ether oxygens (including phenoxy) is 1. The van der Waals surface area contributed by atoms with Crippen molar-refractivity contribution in [1.82, 2.24) is 25.4 Å². The smallest absolute Gasteiger partial charge is 0.255 e. The number of hydrogen-bond donors (Lipinski definition) is 2. The molecule has 2 heterocycles. The van der Waals surface area contributed by atoms with Gasteiger partial charge in [0.1, 0.15) is 17.6 Å². The summed E-state index contributed by atoms with van der Waals surface area (Å²) in [5.74, 6) is 1.26. The van der Waals surface area contributed by atoms with Gasteiger partial charge in [-0.15, -0.1) is 0 Å². The number of aromatic nitrogens is 3. The third-order valence-electron chi connectivity index (χ3n) is 6.14. The highest BCUT2D eigenvalue weighted by Gasteiger charge is 2.27. The Hall–Kier alpha value is -3.62. The second-order valence-electron chi connectivity index (χ2n) is 10.9. The minimum atomic E-state index is -0.681. The first-order chi connectivity index (χ1) is 17.4. The molecule has 3 rings (SSSR count). The van der Waals surface area contributed by atoms with E-state index in [0.29, 0.717) is 30.2 Å². The highest BCUT2D eigenvalue weighted by atomic mass is 16.5. The lowest BCUT2D eigenvalue weighted by molar-refractivity contribution is -0.132. The van der Waals surface area contributed by atoms with Gasteiger partial charge in [-0.3, -0.25) is 14.7 Å². The fourth-order valence-corrected chi connectivity index (χ4v) is 3.96. The van der Waals surface area contributed by atoms with Crippen molar-refractivity contribution in [3.63, 3.8) is 0 Å². The second-order valence-corrected chi connectivity index (χ2v) is 10.9. The molecule has 2 aromatic heterocycles. The minimum Gasteiger partial charge on any atom is -0.483 e. The number of likely N-dealkylation sites (N-methyl/N-ethyl adjacent to an activating group) is 1. The molecule has 0 saturated carbocycles. The molecule has 1 atom stereocenters. The molecule has 0 bridgehead atoms. The lowest BCUT2D eigenvalue weighted by Gasteiger charge is -2.26. The van der Waals surface area contributed by atoms with Crippen LogP contribution < -0.4 is 10.1 Å². The van der Waals surface area contributed by atoms with Crippen molar-refractivity contribution in [2.45, 2.75) is 79.5 Å². The van der Waals surface area contributed by atoms with E-state index in [2.05, 4.69) is 20.5 Å². The monoisotopic (exact) mass is 509 g/mol. The predicted octanol–water partition coefficient (Wildman–Crippen LogP) is 4.69. The predicted molar refractivity (Wildman–Crippen MR) is 141 cm³/mol. The summed E-state index contributed by atoms with van der Waals surface area (Å²) >= 11 is 0. The van der Waals surface area contributed by atoms with E-state index >= 15 is 0 Å². The Morgan fingerprint density at radius 2 is 1.89 bits per heavy atom. The lowest BCUT2D eigenvalue weighted by Crippen LogP contribution is -2.48. The van der Waals surface area contributed by atoms with E-state index in [4.69, 9.17) is 9.15 Å². The first-order valence-electron chi connectivity index (χ1n) is 12.6. The second kappa shape index (κ2) is 11.6. The number of rotatable bonds is 10. The first-order valence-corrected chi connectivity index (χ1v) is 12.6. The van der Waals surface area contributed by atoms with Crippen molar-refractivity contribution in [2.75, 3.05) is 7.05 Å². The van der Waals surface area contributed by atoms with Crippen LogP contribution in [0.3, 0.4) is 0 Å². The Morgan fingerprint density at radius 3 is 2.49 bits per heavy atom. The van der Waals surface area contributed by atoms with Crippen LogP contribution in [0.15, 0.2) is 34.9 Å². The number of nitrogens with zero attached hydrogens (tertiary/aromatic N) is 3. The number of carbonyl (C=O) groups excluding carboxylic acids is 2. The topological polar surface area (TPSA) is 113 Å². The number of benzene rings is 1. The van der Waals surface area contributed by atoms with Crippen molar-refractivity contribution in [2.24, 2.45) is 5.92 Å². The van der Waals surface area contributed by atoms with Crippen molar-refractivity contribution in [3.05, 3.63) is 64.6 Å². The van der Waals surface area contributed by atoms with Crippen LogP contribution in [0, 0.1) is 19.8 Å². The van der Waals surface area contributed by atoms with Crippen LogP contribution in [0.25, 0.3) is 0 Å². The molecule has 0 saturated heterocycles. The van der Waals surface area contributed by atoms with Crippen LogP contribution in [0.4, 0.5) is 0 Å². The van der Waals surface area contributed by atoms with Crippen LogP contribution >= 0.6 is 0 Å². The molecule has 2 N–H and O–H groups in total. The number of carbonyl (C=O) groups is 2. The maximum Gasteiger partial charge on any atom is 0.255 e. The van der Waals surface area contributed by atoms with Gasteiger partial charge in [0.05, 0.1) is 17.5 Å². The van der Waals surface area contributed by atoms with Crippen molar-refractivity contribution in [3.8, 4) is 5.75 Å². The summed E-state index contributed by atoms with van der Waals surface area (Å²) in [7, 11) is 1.74. The molecule has 0 fully saturated rings. The molecular weight excluding hydrogens is 470 g/mol. The quantitative estimate of drug-likeness (QED) is 0.410. The number of H-pyrrole nitrogens is 1. The van der Waals surface area contributed by atoms with Gasteiger partial charge in [0.25, 0.3) is 5.91 Å². The normalized spacial score (nSPS) is 12.5. The number of amides is 2. The summed E-state index contributed by atoms with van der Waals surface area (Å²) in [6.07, 6.45) is 2.20. The summed E-state index contributed by atoms with van der Waals surface area (Å²) in [4.78, 5) is 32.7. The number of aromatic amines is 1. The SMILES string of the molecule is Cc1n[nH]c(C)c1CN(C)C(=O)[C@@H](CC(C)C)NC(=O)c1ccccc1OCc1ncc(C(C)(C)C)o1. The molecule has 0 aliphatic carbocycles. The average molecular weight is 510 g/mol. The highest BCUT2D eigenvalue weighted by Crippen LogP contribution is 2.24. The van der Waals surface area contributed by atoms with E-state index in [1.807, 2.05) is 48.5 Å². The molecule has 0 spiro atoms.